The van der Waals surface area contributed by atoms with Crippen LogP contribution in [0.2, 0.25) is 0 Å². The molecule has 0 spiro atoms. The maximum absolute atomic E-state index is 13.1. The Labute approximate surface area is 93.0 Å². The number of hydrogen-bond donors (Lipinski definition) is 2. The van der Waals surface area contributed by atoms with Gasteiger partial charge in [-0.15, -0.1) is 0 Å². The first-order valence-corrected chi connectivity index (χ1v) is 4.87. The van der Waals surface area contributed by atoms with Crippen molar-refractivity contribution in [1.29, 1.82) is 0 Å². The molecule has 15 heavy (non-hydrogen) atoms. The van der Waals surface area contributed by atoms with Gasteiger partial charge in [0, 0.05) is 10.7 Å². The second kappa shape index (κ2) is 4.80. The summed E-state index contributed by atoms with van der Waals surface area (Å²) in [6.45, 7) is -1.53. The summed E-state index contributed by atoms with van der Waals surface area (Å²) in [6, 6.07) is 1.13. The molecule has 0 aliphatic rings. The van der Waals surface area contributed by atoms with Crippen molar-refractivity contribution in [2.45, 2.75) is 5.92 Å². The average Bonchev–Trinajstić information content (AvgIpc) is 2.16. The Kier molecular flexibility index (Phi) is 3.92. The van der Waals surface area contributed by atoms with Gasteiger partial charge in [0.1, 0.15) is 0 Å². The molecule has 84 valence electrons. The standard InChI is InChI=1S/C8H9BrF3N3/c9-5-1-6(10)7(14-2-5)15-4-8(11,12)3-13/h1-2H,3-4,13H2,(H,14,15). The normalized spacial score (nSPS) is 11.5. The Morgan fingerprint density at radius 1 is 1.53 bits per heavy atom. The van der Waals surface area contributed by atoms with E-state index in [1.54, 1.807) is 0 Å². The molecule has 1 heterocycles. The summed E-state index contributed by atoms with van der Waals surface area (Å²) in [4.78, 5) is 3.61. The van der Waals surface area contributed by atoms with Crippen LogP contribution in [0.25, 0.3) is 0 Å². The number of rotatable bonds is 4. The highest BCUT2D eigenvalue weighted by Crippen LogP contribution is 2.18. The predicted octanol–water partition coefficient (Wildman–Crippen LogP) is 1.99. The zero-order chi connectivity index (χ0) is 11.5. The van der Waals surface area contributed by atoms with Crippen molar-refractivity contribution in [1.82, 2.24) is 4.98 Å². The SMILES string of the molecule is NCC(F)(F)CNc1ncc(Br)cc1F. The zero-order valence-electron chi connectivity index (χ0n) is 7.61. The van der Waals surface area contributed by atoms with Crippen molar-refractivity contribution in [3.05, 3.63) is 22.6 Å². The molecule has 1 aromatic heterocycles. The highest BCUT2D eigenvalue weighted by atomic mass is 79.9. The molecule has 0 saturated heterocycles. The van der Waals surface area contributed by atoms with E-state index in [2.05, 4.69) is 26.2 Å². The van der Waals surface area contributed by atoms with E-state index in [-0.39, 0.29) is 5.82 Å². The molecule has 0 fully saturated rings. The topological polar surface area (TPSA) is 50.9 Å². The molecule has 0 unspecified atom stereocenters. The molecule has 0 aromatic carbocycles. The van der Waals surface area contributed by atoms with Crippen LogP contribution in [-0.4, -0.2) is 24.0 Å². The van der Waals surface area contributed by atoms with Gasteiger partial charge in [-0.3, -0.25) is 0 Å². The molecule has 3 N–H and O–H groups in total. The summed E-state index contributed by atoms with van der Waals surface area (Å²) < 4.78 is 38.9. The Balaban J connectivity index is 2.66. The Bertz CT molecular complexity index is 346. The van der Waals surface area contributed by atoms with Gasteiger partial charge in [0.15, 0.2) is 11.6 Å². The Morgan fingerprint density at radius 3 is 2.73 bits per heavy atom. The minimum atomic E-state index is -3.07. The van der Waals surface area contributed by atoms with Crippen LogP contribution in [0.3, 0.4) is 0 Å². The molecule has 1 aromatic rings. The lowest BCUT2D eigenvalue weighted by atomic mass is 10.3. The fraction of sp³-hybridized carbons (Fsp3) is 0.375. The summed E-state index contributed by atoms with van der Waals surface area (Å²) >= 11 is 3.00. The quantitative estimate of drug-likeness (QED) is 0.889. The van der Waals surface area contributed by atoms with E-state index in [9.17, 15) is 13.2 Å². The molecule has 0 radical (unpaired) electrons. The number of anilines is 1. The van der Waals surface area contributed by atoms with Crippen molar-refractivity contribution in [3.8, 4) is 0 Å². The lowest BCUT2D eigenvalue weighted by Crippen LogP contribution is -2.35. The largest absolute Gasteiger partial charge is 0.362 e. The number of nitrogens with zero attached hydrogens (tertiary/aromatic N) is 1. The van der Waals surface area contributed by atoms with Crippen molar-refractivity contribution >= 4 is 21.7 Å². The van der Waals surface area contributed by atoms with Gasteiger partial charge >= 0.3 is 0 Å². The van der Waals surface area contributed by atoms with E-state index in [0.29, 0.717) is 4.47 Å². The number of aromatic nitrogens is 1. The lowest BCUT2D eigenvalue weighted by Gasteiger charge is -2.15. The average molecular weight is 284 g/mol. The van der Waals surface area contributed by atoms with E-state index in [0.717, 1.165) is 6.07 Å². The molecule has 3 nitrogen and oxygen atoms in total. The predicted molar refractivity (Wildman–Crippen MR) is 54.4 cm³/mol. The second-order valence-electron chi connectivity index (χ2n) is 2.90. The highest BCUT2D eigenvalue weighted by molar-refractivity contribution is 9.10. The first-order valence-electron chi connectivity index (χ1n) is 4.07. The number of alkyl halides is 2. The Morgan fingerprint density at radius 2 is 2.20 bits per heavy atom. The fourth-order valence-corrected chi connectivity index (χ4v) is 1.13. The minimum Gasteiger partial charge on any atom is -0.362 e. The molecule has 0 bridgehead atoms. The van der Waals surface area contributed by atoms with Gasteiger partial charge in [-0.25, -0.2) is 18.2 Å². The van der Waals surface area contributed by atoms with Crippen LogP contribution in [0.5, 0.6) is 0 Å². The van der Waals surface area contributed by atoms with Crippen molar-refractivity contribution in [3.63, 3.8) is 0 Å². The number of nitrogens with two attached hydrogens (primary N) is 1. The molecule has 1 rings (SSSR count). The summed E-state index contributed by atoms with van der Waals surface area (Å²) in [5, 5.41) is 2.19. The number of hydrogen-bond acceptors (Lipinski definition) is 3. The number of nitrogens with one attached hydrogen (secondary N) is 1. The minimum absolute atomic E-state index is 0.216. The first kappa shape index (κ1) is 12.3. The summed E-state index contributed by atoms with van der Waals surface area (Å²) in [7, 11) is 0. The molecular formula is C8H9BrF3N3. The van der Waals surface area contributed by atoms with E-state index < -0.39 is 24.8 Å². The monoisotopic (exact) mass is 283 g/mol. The van der Waals surface area contributed by atoms with E-state index in [1.807, 2.05) is 0 Å². The van der Waals surface area contributed by atoms with Crippen LogP contribution in [0.1, 0.15) is 0 Å². The van der Waals surface area contributed by atoms with Crippen LogP contribution in [-0.2, 0) is 0 Å². The Hall–Kier alpha value is -0.820. The summed E-state index contributed by atoms with van der Waals surface area (Å²) in [6.07, 6.45) is 1.31. The van der Waals surface area contributed by atoms with E-state index in [4.69, 9.17) is 5.73 Å². The van der Waals surface area contributed by atoms with Gasteiger partial charge in [-0.1, -0.05) is 0 Å². The zero-order valence-corrected chi connectivity index (χ0v) is 9.19. The third kappa shape index (κ3) is 3.67. The number of pyridine rings is 1. The van der Waals surface area contributed by atoms with Crippen molar-refractivity contribution < 1.29 is 13.2 Å². The van der Waals surface area contributed by atoms with Gasteiger partial charge in [0.2, 0.25) is 0 Å². The summed E-state index contributed by atoms with van der Waals surface area (Å²) in [5.41, 5.74) is 4.82. The van der Waals surface area contributed by atoms with E-state index >= 15 is 0 Å². The molecule has 0 atom stereocenters. The molecule has 7 heteroatoms. The van der Waals surface area contributed by atoms with Gasteiger partial charge < -0.3 is 11.1 Å². The fourth-order valence-electron chi connectivity index (χ4n) is 0.830. The lowest BCUT2D eigenvalue weighted by molar-refractivity contribution is 0.0252. The van der Waals surface area contributed by atoms with Gasteiger partial charge in [0.05, 0.1) is 13.1 Å². The maximum Gasteiger partial charge on any atom is 0.276 e. The molecule has 0 amide bonds. The van der Waals surface area contributed by atoms with Gasteiger partial charge in [-0.05, 0) is 22.0 Å². The van der Waals surface area contributed by atoms with Crippen LogP contribution in [0, 0.1) is 5.82 Å². The first-order chi connectivity index (χ1) is 6.94. The van der Waals surface area contributed by atoms with Gasteiger partial charge in [0.25, 0.3) is 5.92 Å². The second-order valence-corrected chi connectivity index (χ2v) is 3.81. The molecule has 0 aliphatic heterocycles. The maximum atomic E-state index is 13.1. The third-order valence-electron chi connectivity index (χ3n) is 1.62. The smallest absolute Gasteiger partial charge is 0.276 e. The van der Waals surface area contributed by atoms with E-state index in [1.165, 1.54) is 6.20 Å². The molecular weight excluding hydrogens is 275 g/mol. The van der Waals surface area contributed by atoms with Gasteiger partial charge in [-0.2, -0.15) is 0 Å². The van der Waals surface area contributed by atoms with Crippen LogP contribution in [0.15, 0.2) is 16.7 Å². The van der Waals surface area contributed by atoms with Crippen LogP contribution in [0.4, 0.5) is 19.0 Å². The molecule has 0 aliphatic carbocycles. The third-order valence-corrected chi connectivity index (χ3v) is 2.05. The number of halogens is 4. The summed E-state index contributed by atoms with van der Waals surface area (Å²) in [5.74, 6) is -3.98. The van der Waals surface area contributed by atoms with Crippen LogP contribution >= 0.6 is 15.9 Å². The molecule has 0 saturated carbocycles. The highest BCUT2D eigenvalue weighted by Gasteiger charge is 2.26. The van der Waals surface area contributed by atoms with Crippen LogP contribution < -0.4 is 11.1 Å². The van der Waals surface area contributed by atoms with Crippen molar-refractivity contribution in [2.24, 2.45) is 5.73 Å². The van der Waals surface area contributed by atoms with Crippen molar-refractivity contribution in [2.75, 3.05) is 18.4 Å².